The molecule has 0 unspecified atom stereocenters. The van der Waals surface area contributed by atoms with E-state index < -0.39 is 0 Å². The average Bonchev–Trinajstić information content (AvgIpc) is 2.45. The molecule has 1 heterocycles. The van der Waals surface area contributed by atoms with Gasteiger partial charge in [0.05, 0.1) is 5.56 Å². The van der Waals surface area contributed by atoms with Gasteiger partial charge in [-0.2, -0.15) is 0 Å². The molecule has 0 fully saturated rings. The number of pyridine rings is 1. The molecule has 1 N–H and O–H groups in total. The summed E-state index contributed by atoms with van der Waals surface area (Å²) in [5.74, 6) is 0.369. The second kappa shape index (κ2) is 6.33. The van der Waals surface area contributed by atoms with Gasteiger partial charge in [-0.05, 0) is 30.0 Å². The number of nitrogens with one attached hydrogen (secondary N) is 1. The summed E-state index contributed by atoms with van der Waals surface area (Å²) in [6.07, 6.45) is 3.40. The minimum atomic E-state index is -0.0679. The van der Waals surface area contributed by atoms with E-state index in [1.165, 1.54) is 5.56 Å². The van der Waals surface area contributed by atoms with Crippen molar-refractivity contribution in [2.24, 2.45) is 5.92 Å². The lowest BCUT2D eigenvalue weighted by Crippen LogP contribution is -2.27. The quantitative estimate of drug-likeness (QED) is 0.923. The van der Waals surface area contributed by atoms with Gasteiger partial charge in [0.25, 0.3) is 5.91 Å². The van der Waals surface area contributed by atoms with Crippen molar-refractivity contribution in [2.75, 3.05) is 6.54 Å². The molecule has 1 amide bonds. The zero-order chi connectivity index (χ0) is 14.5. The van der Waals surface area contributed by atoms with E-state index in [4.69, 9.17) is 0 Å². The Hall–Kier alpha value is -2.16. The van der Waals surface area contributed by atoms with Crippen LogP contribution >= 0.6 is 0 Å². The standard InChI is InChI=1S/C17H20N2O/c1-12(2)9-19-17(20)15-8-14(10-18-11-15)16-7-5-4-6-13(16)3/h4-8,10-12H,9H2,1-3H3,(H,19,20). The van der Waals surface area contributed by atoms with E-state index in [0.717, 1.165) is 11.1 Å². The lowest BCUT2D eigenvalue weighted by atomic mass is 10.0. The molecule has 104 valence electrons. The fourth-order valence-corrected chi connectivity index (χ4v) is 2.01. The van der Waals surface area contributed by atoms with E-state index in [2.05, 4.69) is 37.1 Å². The second-order valence-corrected chi connectivity index (χ2v) is 5.38. The molecule has 1 aromatic heterocycles. The van der Waals surface area contributed by atoms with Crippen molar-refractivity contribution in [3.05, 3.63) is 53.9 Å². The number of aromatic nitrogens is 1. The number of nitrogens with zero attached hydrogens (tertiary/aromatic N) is 1. The number of hydrogen-bond acceptors (Lipinski definition) is 2. The van der Waals surface area contributed by atoms with Gasteiger partial charge >= 0.3 is 0 Å². The predicted octanol–water partition coefficient (Wildman–Crippen LogP) is 3.44. The summed E-state index contributed by atoms with van der Waals surface area (Å²) >= 11 is 0. The predicted molar refractivity (Wildman–Crippen MR) is 81.6 cm³/mol. The lowest BCUT2D eigenvalue weighted by Gasteiger charge is -2.09. The third-order valence-corrected chi connectivity index (χ3v) is 3.13. The number of benzene rings is 1. The highest BCUT2D eigenvalue weighted by Gasteiger charge is 2.09. The van der Waals surface area contributed by atoms with Crippen molar-refractivity contribution in [3.8, 4) is 11.1 Å². The maximum atomic E-state index is 12.1. The summed E-state index contributed by atoms with van der Waals surface area (Å²) in [4.78, 5) is 16.3. The molecule has 0 saturated heterocycles. The minimum absolute atomic E-state index is 0.0679. The van der Waals surface area contributed by atoms with Gasteiger partial charge in [0.2, 0.25) is 0 Å². The number of aryl methyl sites for hydroxylation is 1. The van der Waals surface area contributed by atoms with Crippen molar-refractivity contribution in [3.63, 3.8) is 0 Å². The molecule has 2 aromatic rings. The lowest BCUT2D eigenvalue weighted by molar-refractivity contribution is 0.0948. The smallest absolute Gasteiger partial charge is 0.252 e. The minimum Gasteiger partial charge on any atom is -0.352 e. The summed E-state index contributed by atoms with van der Waals surface area (Å²) in [6.45, 7) is 6.87. The summed E-state index contributed by atoms with van der Waals surface area (Å²) in [5.41, 5.74) is 3.86. The zero-order valence-electron chi connectivity index (χ0n) is 12.2. The molecule has 0 aliphatic carbocycles. The van der Waals surface area contributed by atoms with Gasteiger partial charge in [0.1, 0.15) is 0 Å². The average molecular weight is 268 g/mol. The van der Waals surface area contributed by atoms with Crippen LogP contribution in [0.3, 0.4) is 0 Å². The van der Waals surface area contributed by atoms with Crippen molar-refractivity contribution in [2.45, 2.75) is 20.8 Å². The Morgan fingerprint density at radius 3 is 2.70 bits per heavy atom. The molecule has 3 nitrogen and oxygen atoms in total. The second-order valence-electron chi connectivity index (χ2n) is 5.38. The fraction of sp³-hybridized carbons (Fsp3) is 0.294. The molecular weight excluding hydrogens is 248 g/mol. The molecule has 0 radical (unpaired) electrons. The monoisotopic (exact) mass is 268 g/mol. The molecule has 3 heteroatoms. The van der Waals surface area contributed by atoms with Gasteiger partial charge in [-0.15, -0.1) is 0 Å². The maximum absolute atomic E-state index is 12.1. The van der Waals surface area contributed by atoms with Gasteiger partial charge in [-0.3, -0.25) is 9.78 Å². The van der Waals surface area contributed by atoms with Crippen LogP contribution in [-0.4, -0.2) is 17.4 Å². The number of hydrogen-bond donors (Lipinski definition) is 1. The third kappa shape index (κ3) is 3.44. The van der Waals surface area contributed by atoms with Crippen LogP contribution in [0.1, 0.15) is 29.8 Å². The Morgan fingerprint density at radius 1 is 1.25 bits per heavy atom. The van der Waals surface area contributed by atoms with Crippen LogP contribution in [0.5, 0.6) is 0 Å². The molecule has 20 heavy (non-hydrogen) atoms. The van der Waals surface area contributed by atoms with E-state index in [-0.39, 0.29) is 5.91 Å². The first-order chi connectivity index (χ1) is 9.58. The van der Waals surface area contributed by atoms with Crippen LogP contribution in [0.2, 0.25) is 0 Å². The SMILES string of the molecule is Cc1ccccc1-c1cncc(C(=O)NCC(C)C)c1. The van der Waals surface area contributed by atoms with Crippen LogP contribution in [0.25, 0.3) is 11.1 Å². The fourth-order valence-electron chi connectivity index (χ4n) is 2.01. The molecule has 0 atom stereocenters. The first kappa shape index (κ1) is 14.3. The Labute approximate surface area is 120 Å². The van der Waals surface area contributed by atoms with Crippen LogP contribution in [0.15, 0.2) is 42.7 Å². The van der Waals surface area contributed by atoms with Crippen LogP contribution in [0.4, 0.5) is 0 Å². The molecule has 0 saturated carbocycles. The first-order valence-corrected chi connectivity index (χ1v) is 6.87. The van der Waals surface area contributed by atoms with Gasteiger partial charge in [-0.25, -0.2) is 0 Å². The van der Waals surface area contributed by atoms with Gasteiger partial charge in [-0.1, -0.05) is 38.1 Å². The molecule has 1 aromatic carbocycles. The molecule has 0 aliphatic heterocycles. The summed E-state index contributed by atoms with van der Waals surface area (Å²) in [6, 6.07) is 9.99. The number of rotatable bonds is 4. The number of carbonyl (C=O) groups excluding carboxylic acids is 1. The van der Waals surface area contributed by atoms with Crippen LogP contribution in [0, 0.1) is 12.8 Å². The van der Waals surface area contributed by atoms with Crippen molar-refractivity contribution in [1.82, 2.24) is 10.3 Å². The van der Waals surface area contributed by atoms with E-state index in [1.54, 1.807) is 12.4 Å². The van der Waals surface area contributed by atoms with Crippen molar-refractivity contribution < 1.29 is 4.79 Å². The summed E-state index contributed by atoms with van der Waals surface area (Å²) < 4.78 is 0. The van der Waals surface area contributed by atoms with E-state index in [1.807, 2.05) is 24.3 Å². The number of carbonyl (C=O) groups is 1. The van der Waals surface area contributed by atoms with E-state index >= 15 is 0 Å². The molecular formula is C17H20N2O. The highest BCUT2D eigenvalue weighted by atomic mass is 16.1. The molecule has 0 aliphatic rings. The first-order valence-electron chi connectivity index (χ1n) is 6.87. The highest BCUT2D eigenvalue weighted by molar-refractivity contribution is 5.95. The topological polar surface area (TPSA) is 42.0 Å². The van der Waals surface area contributed by atoms with Crippen molar-refractivity contribution >= 4 is 5.91 Å². The third-order valence-electron chi connectivity index (χ3n) is 3.13. The molecule has 0 spiro atoms. The molecule has 2 rings (SSSR count). The highest BCUT2D eigenvalue weighted by Crippen LogP contribution is 2.22. The van der Waals surface area contributed by atoms with Gasteiger partial charge in [0.15, 0.2) is 0 Å². The number of amides is 1. The Balaban J connectivity index is 2.24. The summed E-state index contributed by atoms with van der Waals surface area (Å²) in [5, 5.41) is 2.91. The maximum Gasteiger partial charge on any atom is 0.252 e. The van der Waals surface area contributed by atoms with Gasteiger partial charge in [0, 0.05) is 24.5 Å². The van der Waals surface area contributed by atoms with E-state index in [0.29, 0.717) is 18.0 Å². The summed E-state index contributed by atoms with van der Waals surface area (Å²) in [7, 11) is 0. The Morgan fingerprint density at radius 2 is 2.00 bits per heavy atom. The normalized spacial score (nSPS) is 10.6. The Bertz CT molecular complexity index is 605. The van der Waals surface area contributed by atoms with Crippen molar-refractivity contribution in [1.29, 1.82) is 0 Å². The molecule has 0 bridgehead atoms. The Kier molecular flexibility index (Phi) is 4.51. The van der Waals surface area contributed by atoms with Crippen LogP contribution in [-0.2, 0) is 0 Å². The van der Waals surface area contributed by atoms with Gasteiger partial charge < -0.3 is 5.32 Å². The van der Waals surface area contributed by atoms with Crippen LogP contribution < -0.4 is 5.32 Å². The largest absolute Gasteiger partial charge is 0.352 e. The zero-order valence-corrected chi connectivity index (χ0v) is 12.2. The van der Waals surface area contributed by atoms with E-state index in [9.17, 15) is 4.79 Å².